The zero-order chi connectivity index (χ0) is 19.6. The number of esters is 1. The second-order valence-corrected chi connectivity index (χ2v) is 6.94. The minimum Gasteiger partial charge on any atom is -0.457 e. The maximum atomic E-state index is 13.9. The Morgan fingerprint density at radius 1 is 1.19 bits per heavy atom. The first-order valence-electron chi connectivity index (χ1n) is 8.21. The predicted octanol–water partition coefficient (Wildman–Crippen LogP) is 5.54. The Bertz CT molecular complexity index is 950. The molecule has 140 valence electrons. The van der Waals surface area contributed by atoms with Gasteiger partial charge in [-0.3, -0.25) is 4.79 Å². The molecule has 0 aliphatic rings. The van der Waals surface area contributed by atoms with E-state index in [1.54, 1.807) is 6.92 Å². The average Bonchev–Trinajstić information content (AvgIpc) is 2.96. The zero-order valence-electron chi connectivity index (χ0n) is 14.6. The number of hydrogen-bond acceptors (Lipinski definition) is 4. The van der Waals surface area contributed by atoms with Gasteiger partial charge in [0.1, 0.15) is 17.7 Å². The highest BCUT2D eigenvalue weighted by atomic mass is 79.9. The number of rotatable bonds is 5. The molecule has 3 rings (SSSR count). The van der Waals surface area contributed by atoms with E-state index in [0.717, 1.165) is 22.2 Å². The maximum absolute atomic E-state index is 13.9. The number of aryl methyl sites for hydroxylation is 1. The van der Waals surface area contributed by atoms with Crippen molar-refractivity contribution in [3.63, 3.8) is 0 Å². The summed E-state index contributed by atoms with van der Waals surface area (Å²) < 4.78 is 39.2. The van der Waals surface area contributed by atoms with E-state index in [0.29, 0.717) is 17.0 Å². The lowest BCUT2D eigenvalue weighted by atomic mass is 10.0. The lowest BCUT2D eigenvalue weighted by molar-refractivity contribution is -0.148. The van der Waals surface area contributed by atoms with Gasteiger partial charge in [-0.25, -0.2) is 8.78 Å². The number of halogens is 3. The fourth-order valence-corrected chi connectivity index (χ4v) is 3.03. The Hall–Kier alpha value is -2.54. The zero-order valence-corrected chi connectivity index (χ0v) is 16.2. The normalized spacial score (nSPS) is 12.0. The lowest BCUT2D eigenvalue weighted by Crippen LogP contribution is -2.14. The van der Waals surface area contributed by atoms with Crippen molar-refractivity contribution >= 4 is 21.9 Å². The van der Waals surface area contributed by atoms with Gasteiger partial charge in [0.05, 0.1) is 17.7 Å². The first kappa shape index (κ1) is 19.2. The smallest absolute Gasteiger partial charge is 0.311 e. The second kappa shape index (κ2) is 8.00. The van der Waals surface area contributed by atoms with Crippen LogP contribution in [-0.4, -0.2) is 11.1 Å². The van der Waals surface area contributed by atoms with E-state index in [-0.39, 0.29) is 12.0 Å². The predicted molar refractivity (Wildman–Crippen MR) is 98.9 cm³/mol. The molecule has 2 aromatic carbocycles. The Morgan fingerprint density at radius 3 is 2.44 bits per heavy atom. The molecule has 0 bridgehead atoms. The van der Waals surface area contributed by atoms with Crippen LogP contribution < -0.4 is 0 Å². The van der Waals surface area contributed by atoms with Crippen molar-refractivity contribution in [3.05, 3.63) is 75.4 Å². The number of carbonyl (C=O) groups excluding carboxylic acids is 1. The summed E-state index contributed by atoms with van der Waals surface area (Å²) in [5.74, 6) is -1.68. The number of aromatic nitrogens is 1. The SMILES string of the molecule is Cc1noc(-c2ccc(Br)cc2)c1CC(=O)OC(C)c1c(F)cccc1F. The van der Waals surface area contributed by atoms with Crippen LogP contribution in [0.4, 0.5) is 8.78 Å². The topological polar surface area (TPSA) is 52.3 Å². The summed E-state index contributed by atoms with van der Waals surface area (Å²) in [4.78, 5) is 12.4. The van der Waals surface area contributed by atoms with Crippen LogP contribution in [0.25, 0.3) is 11.3 Å². The van der Waals surface area contributed by atoms with Crippen LogP contribution in [0.5, 0.6) is 0 Å². The fourth-order valence-electron chi connectivity index (χ4n) is 2.77. The summed E-state index contributed by atoms with van der Waals surface area (Å²) in [5, 5.41) is 3.92. The first-order chi connectivity index (χ1) is 12.9. The Morgan fingerprint density at radius 2 is 1.81 bits per heavy atom. The number of carbonyl (C=O) groups is 1. The molecule has 1 unspecified atom stereocenters. The van der Waals surface area contributed by atoms with Crippen LogP contribution in [0.1, 0.15) is 29.8 Å². The first-order valence-corrected chi connectivity index (χ1v) is 9.00. The quantitative estimate of drug-likeness (QED) is 0.493. The van der Waals surface area contributed by atoms with Gasteiger partial charge in [-0.15, -0.1) is 0 Å². The van der Waals surface area contributed by atoms with Crippen LogP contribution in [-0.2, 0) is 16.0 Å². The summed E-state index contributed by atoms with van der Waals surface area (Å²) >= 11 is 3.36. The Kier molecular flexibility index (Phi) is 5.70. The fraction of sp³-hybridized carbons (Fsp3) is 0.200. The highest BCUT2D eigenvalue weighted by Gasteiger charge is 2.23. The summed E-state index contributed by atoms with van der Waals surface area (Å²) in [5.41, 5.74) is 1.61. The van der Waals surface area contributed by atoms with E-state index >= 15 is 0 Å². The molecule has 1 heterocycles. The van der Waals surface area contributed by atoms with Gasteiger partial charge in [0.25, 0.3) is 0 Å². The molecule has 27 heavy (non-hydrogen) atoms. The van der Waals surface area contributed by atoms with E-state index in [4.69, 9.17) is 9.26 Å². The third kappa shape index (κ3) is 4.24. The summed E-state index contributed by atoms with van der Waals surface area (Å²) in [6.45, 7) is 3.14. The average molecular weight is 436 g/mol. The van der Waals surface area contributed by atoms with Crippen LogP contribution in [0.15, 0.2) is 51.5 Å². The molecule has 0 amide bonds. The molecule has 0 fully saturated rings. The summed E-state index contributed by atoms with van der Waals surface area (Å²) in [6, 6.07) is 10.9. The number of benzene rings is 2. The van der Waals surface area contributed by atoms with Gasteiger partial charge in [-0.2, -0.15) is 0 Å². The van der Waals surface area contributed by atoms with Crippen molar-refractivity contribution < 1.29 is 22.8 Å². The molecule has 7 heteroatoms. The molecule has 0 N–H and O–H groups in total. The van der Waals surface area contributed by atoms with E-state index in [9.17, 15) is 13.6 Å². The minimum atomic E-state index is -1.06. The molecule has 0 saturated heterocycles. The van der Waals surface area contributed by atoms with E-state index < -0.39 is 23.7 Å². The van der Waals surface area contributed by atoms with E-state index in [2.05, 4.69) is 21.1 Å². The Labute approximate surface area is 163 Å². The van der Waals surface area contributed by atoms with Gasteiger partial charge in [-0.05, 0) is 38.1 Å². The molecule has 0 spiro atoms. The summed E-state index contributed by atoms with van der Waals surface area (Å²) in [7, 11) is 0. The molecule has 0 saturated carbocycles. The molecule has 1 aromatic heterocycles. The monoisotopic (exact) mass is 435 g/mol. The van der Waals surface area contributed by atoms with Crippen molar-refractivity contribution in [1.82, 2.24) is 5.16 Å². The largest absolute Gasteiger partial charge is 0.457 e. The molecular weight excluding hydrogens is 420 g/mol. The third-order valence-corrected chi connectivity index (χ3v) is 4.66. The standard InChI is InChI=1S/C20H16BrF2NO3/c1-11-15(20(27-24-11)13-6-8-14(21)9-7-13)10-18(25)26-12(2)19-16(22)4-3-5-17(19)23/h3-9,12H,10H2,1-2H3. The molecule has 0 aliphatic carbocycles. The van der Waals surface area contributed by atoms with Crippen molar-refractivity contribution in [2.45, 2.75) is 26.4 Å². The molecule has 1 atom stereocenters. The molecule has 4 nitrogen and oxygen atoms in total. The molecular formula is C20H16BrF2NO3. The van der Waals surface area contributed by atoms with Gasteiger partial charge in [0.2, 0.25) is 0 Å². The lowest BCUT2D eigenvalue weighted by Gasteiger charge is -2.15. The van der Waals surface area contributed by atoms with Gasteiger partial charge < -0.3 is 9.26 Å². The molecule has 3 aromatic rings. The second-order valence-electron chi connectivity index (χ2n) is 6.03. The minimum absolute atomic E-state index is 0.124. The van der Waals surface area contributed by atoms with Crippen LogP contribution in [0.3, 0.4) is 0 Å². The maximum Gasteiger partial charge on any atom is 0.311 e. The summed E-state index contributed by atoms with van der Waals surface area (Å²) in [6.07, 6.45) is -1.18. The van der Waals surface area contributed by atoms with Crippen LogP contribution >= 0.6 is 15.9 Å². The van der Waals surface area contributed by atoms with E-state index in [1.165, 1.54) is 13.0 Å². The van der Waals surface area contributed by atoms with Crippen molar-refractivity contribution in [1.29, 1.82) is 0 Å². The van der Waals surface area contributed by atoms with E-state index in [1.807, 2.05) is 24.3 Å². The van der Waals surface area contributed by atoms with Crippen molar-refractivity contribution in [2.75, 3.05) is 0 Å². The van der Waals surface area contributed by atoms with Gasteiger partial charge in [0, 0.05) is 15.6 Å². The van der Waals surface area contributed by atoms with Crippen molar-refractivity contribution in [2.24, 2.45) is 0 Å². The molecule has 0 aliphatic heterocycles. The highest BCUT2D eigenvalue weighted by Crippen LogP contribution is 2.29. The Balaban J connectivity index is 1.79. The number of hydrogen-bond donors (Lipinski definition) is 0. The van der Waals surface area contributed by atoms with Crippen LogP contribution in [0, 0.1) is 18.6 Å². The number of nitrogens with zero attached hydrogens (tertiary/aromatic N) is 1. The molecule has 0 radical (unpaired) electrons. The van der Waals surface area contributed by atoms with Crippen molar-refractivity contribution in [3.8, 4) is 11.3 Å². The highest BCUT2D eigenvalue weighted by molar-refractivity contribution is 9.10. The van der Waals surface area contributed by atoms with Crippen LogP contribution in [0.2, 0.25) is 0 Å². The third-order valence-electron chi connectivity index (χ3n) is 4.13. The number of ether oxygens (including phenoxy) is 1. The van der Waals surface area contributed by atoms with Gasteiger partial charge in [0.15, 0.2) is 5.76 Å². The van der Waals surface area contributed by atoms with Gasteiger partial charge >= 0.3 is 5.97 Å². The van der Waals surface area contributed by atoms with Gasteiger partial charge in [-0.1, -0.05) is 39.3 Å².